The van der Waals surface area contributed by atoms with E-state index < -0.39 is 0 Å². The molecule has 0 spiro atoms. The summed E-state index contributed by atoms with van der Waals surface area (Å²) in [5, 5.41) is 0. The highest BCUT2D eigenvalue weighted by Gasteiger charge is 2.73. The highest BCUT2D eigenvalue weighted by atomic mass is 16.1. The Hall–Kier alpha value is -1.89. The van der Waals surface area contributed by atoms with Crippen molar-refractivity contribution in [2.75, 3.05) is 0 Å². The number of carbonyl (C=O) groups excluding carboxylic acids is 1. The van der Waals surface area contributed by atoms with Crippen molar-refractivity contribution in [3.63, 3.8) is 0 Å². The Labute approximate surface area is 105 Å². The minimum absolute atomic E-state index is 0.331. The van der Waals surface area contributed by atoms with Crippen LogP contribution in [0.1, 0.15) is 34.1 Å². The van der Waals surface area contributed by atoms with E-state index in [1.165, 1.54) is 28.5 Å². The molecule has 2 aromatic rings. The van der Waals surface area contributed by atoms with Crippen molar-refractivity contribution in [1.82, 2.24) is 0 Å². The second kappa shape index (κ2) is 2.59. The number of benzene rings is 2. The first-order valence-electron chi connectivity index (χ1n) is 6.55. The molecule has 1 saturated carbocycles. The smallest absolute Gasteiger partial charge is 0.135 e. The zero-order chi connectivity index (χ0) is 11.9. The molecule has 86 valence electrons. The topological polar surface area (TPSA) is 17.1 Å². The molecule has 2 aromatic carbocycles. The maximum atomic E-state index is 11.9. The van der Waals surface area contributed by atoms with Crippen molar-refractivity contribution in [2.24, 2.45) is 5.92 Å². The lowest BCUT2D eigenvalue weighted by atomic mass is 9.77. The van der Waals surface area contributed by atoms with Gasteiger partial charge in [-0.3, -0.25) is 0 Å². The van der Waals surface area contributed by atoms with E-state index >= 15 is 0 Å². The van der Waals surface area contributed by atoms with E-state index in [4.69, 9.17) is 0 Å². The fraction of sp³-hybridized carbons (Fsp3) is 0.235. The van der Waals surface area contributed by atoms with E-state index in [-0.39, 0.29) is 5.41 Å². The van der Waals surface area contributed by atoms with E-state index in [9.17, 15) is 4.79 Å². The van der Waals surface area contributed by atoms with Gasteiger partial charge in [-0.2, -0.15) is 0 Å². The SMILES string of the molecule is O=CC12c3ccccc3[C@@H]3C1[C@H]3c1ccccc12. The molecule has 0 aliphatic heterocycles. The molecule has 0 amide bonds. The summed E-state index contributed by atoms with van der Waals surface area (Å²) >= 11 is 0. The standard InChI is InChI=1S/C17H12O/c18-9-17-12-7-3-1-5-10(12)14-15(16(14)17)11-6-2-4-8-13(11)17/h1-9,14-16H/t14-,15-,16?,17?/m0/s1. The fourth-order valence-electron chi connectivity index (χ4n) is 4.69. The monoisotopic (exact) mass is 232 g/mol. The van der Waals surface area contributed by atoms with Gasteiger partial charge in [0, 0.05) is 0 Å². The largest absolute Gasteiger partial charge is 0.302 e. The minimum Gasteiger partial charge on any atom is -0.302 e. The highest BCUT2D eigenvalue weighted by Crippen LogP contribution is 2.79. The molecule has 1 fully saturated rings. The minimum atomic E-state index is -0.331. The van der Waals surface area contributed by atoms with Gasteiger partial charge in [0.25, 0.3) is 0 Å². The van der Waals surface area contributed by atoms with E-state index in [0.717, 1.165) is 0 Å². The number of hydrogen-bond acceptors (Lipinski definition) is 1. The molecule has 2 atom stereocenters. The predicted molar refractivity (Wildman–Crippen MR) is 68.7 cm³/mol. The molecule has 0 N–H and O–H groups in total. The Morgan fingerprint density at radius 3 is 1.83 bits per heavy atom. The van der Waals surface area contributed by atoms with Crippen LogP contribution in [0.25, 0.3) is 0 Å². The molecular weight excluding hydrogens is 220 g/mol. The van der Waals surface area contributed by atoms with Gasteiger partial charge in [-0.15, -0.1) is 0 Å². The van der Waals surface area contributed by atoms with Crippen molar-refractivity contribution in [1.29, 1.82) is 0 Å². The van der Waals surface area contributed by atoms with Gasteiger partial charge in [-0.1, -0.05) is 48.5 Å². The Balaban J connectivity index is 1.93. The number of aldehydes is 1. The van der Waals surface area contributed by atoms with Crippen molar-refractivity contribution < 1.29 is 4.79 Å². The summed E-state index contributed by atoms with van der Waals surface area (Å²) in [6, 6.07) is 17.0. The lowest BCUT2D eigenvalue weighted by molar-refractivity contribution is -0.111. The molecule has 3 aliphatic carbocycles. The van der Waals surface area contributed by atoms with Crippen LogP contribution in [-0.4, -0.2) is 6.29 Å². The number of fused-ring (bicyclic) bond motifs is 7. The molecule has 1 nitrogen and oxygen atoms in total. The molecule has 0 heterocycles. The van der Waals surface area contributed by atoms with Gasteiger partial charge in [0.05, 0.1) is 5.41 Å². The lowest BCUT2D eigenvalue weighted by Crippen LogP contribution is -2.28. The van der Waals surface area contributed by atoms with Crippen LogP contribution in [0, 0.1) is 5.92 Å². The Kier molecular flexibility index (Phi) is 1.31. The van der Waals surface area contributed by atoms with Crippen LogP contribution >= 0.6 is 0 Å². The molecule has 0 radical (unpaired) electrons. The van der Waals surface area contributed by atoms with Crippen LogP contribution in [0.3, 0.4) is 0 Å². The zero-order valence-corrected chi connectivity index (χ0v) is 9.84. The average Bonchev–Trinajstić information content (AvgIpc) is 3.03. The first kappa shape index (κ1) is 9.09. The van der Waals surface area contributed by atoms with Crippen LogP contribution in [-0.2, 0) is 10.2 Å². The molecule has 18 heavy (non-hydrogen) atoms. The summed E-state index contributed by atoms with van der Waals surface area (Å²) in [5.74, 6) is 1.70. The summed E-state index contributed by atoms with van der Waals surface area (Å²) in [6.07, 6.45) is 1.21. The summed E-state index contributed by atoms with van der Waals surface area (Å²) in [5.41, 5.74) is 5.02. The van der Waals surface area contributed by atoms with Crippen molar-refractivity contribution >= 4 is 6.29 Å². The van der Waals surface area contributed by atoms with Crippen LogP contribution in [0.4, 0.5) is 0 Å². The van der Waals surface area contributed by atoms with Crippen molar-refractivity contribution in [3.8, 4) is 0 Å². The Bertz CT molecular complexity index is 647. The Morgan fingerprint density at radius 2 is 1.33 bits per heavy atom. The van der Waals surface area contributed by atoms with Gasteiger partial charge < -0.3 is 4.79 Å². The first-order valence-corrected chi connectivity index (χ1v) is 6.55. The fourth-order valence-corrected chi connectivity index (χ4v) is 4.69. The van der Waals surface area contributed by atoms with E-state index in [1.807, 2.05) is 0 Å². The van der Waals surface area contributed by atoms with Gasteiger partial charge in [0.15, 0.2) is 0 Å². The molecule has 5 rings (SSSR count). The van der Waals surface area contributed by atoms with Crippen molar-refractivity contribution in [2.45, 2.75) is 17.3 Å². The van der Waals surface area contributed by atoms with Gasteiger partial charge in [-0.05, 0) is 40.0 Å². The predicted octanol–water partition coefficient (Wildman–Crippen LogP) is 3.00. The maximum absolute atomic E-state index is 11.9. The first-order chi connectivity index (χ1) is 8.89. The quantitative estimate of drug-likeness (QED) is 0.691. The number of rotatable bonds is 1. The molecule has 0 unspecified atom stereocenters. The molecule has 0 aromatic heterocycles. The van der Waals surface area contributed by atoms with Crippen LogP contribution in [0.2, 0.25) is 0 Å². The second-order valence-electron chi connectivity index (χ2n) is 5.74. The zero-order valence-electron chi connectivity index (χ0n) is 9.84. The third-order valence-corrected chi connectivity index (χ3v) is 5.26. The van der Waals surface area contributed by atoms with Crippen molar-refractivity contribution in [3.05, 3.63) is 70.8 Å². The highest BCUT2D eigenvalue weighted by molar-refractivity contribution is 5.86. The van der Waals surface area contributed by atoms with E-state index in [1.54, 1.807) is 0 Å². The van der Waals surface area contributed by atoms with Crippen LogP contribution in [0.15, 0.2) is 48.5 Å². The second-order valence-corrected chi connectivity index (χ2v) is 5.74. The summed E-state index contributed by atoms with van der Waals surface area (Å²) in [6.45, 7) is 0. The molecule has 1 heteroatoms. The molecule has 3 aliphatic rings. The summed E-state index contributed by atoms with van der Waals surface area (Å²) in [4.78, 5) is 11.9. The maximum Gasteiger partial charge on any atom is 0.135 e. The van der Waals surface area contributed by atoms with Crippen LogP contribution in [0.5, 0.6) is 0 Å². The average molecular weight is 232 g/mol. The molecular formula is C17H12O. The van der Waals surface area contributed by atoms with Gasteiger partial charge >= 0.3 is 0 Å². The molecule has 0 bridgehead atoms. The van der Waals surface area contributed by atoms with E-state index in [0.29, 0.717) is 17.8 Å². The van der Waals surface area contributed by atoms with Gasteiger partial charge in [0.1, 0.15) is 6.29 Å². The number of hydrogen-bond donors (Lipinski definition) is 0. The number of carbonyl (C=O) groups is 1. The van der Waals surface area contributed by atoms with Gasteiger partial charge in [-0.25, -0.2) is 0 Å². The summed E-state index contributed by atoms with van der Waals surface area (Å²) < 4.78 is 0. The third-order valence-electron chi connectivity index (χ3n) is 5.26. The lowest BCUT2D eigenvalue weighted by Gasteiger charge is -2.24. The van der Waals surface area contributed by atoms with E-state index in [2.05, 4.69) is 48.5 Å². The third kappa shape index (κ3) is 0.694. The summed E-state index contributed by atoms with van der Waals surface area (Å²) in [7, 11) is 0. The van der Waals surface area contributed by atoms with Gasteiger partial charge in [0.2, 0.25) is 0 Å². The normalized spacial score (nSPS) is 36.8. The molecule has 0 saturated heterocycles. The van der Waals surface area contributed by atoms with Crippen LogP contribution < -0.4 is 0 Å². The Morgan fingerprint density at radius 1 is 0.833 bits per heavy atom.